The van der Waals surface area contributed by atoms with Crippen molar-refractivity contribution in [1.29, 1.82) is 0 Å². The molecule has 0 saturated heterocycles. The smallest absolute Gasteiger partial charge is 0.220 e. The lowest BCUT2D eigenvalue weighted by Gasteiger charge is -2.02. The molecular weight excluding hydrogens is 238 g/mol. The first-order valence-electron chi connectivity index (χ1n) is 4.10. The number of pyridine rings is 2. The molecule has 0 fully saturated rings. The standard InChI is InChI=1S/C10H5Cl2FN2/c11-7-3-8(10(13)15-5-7)6-1-2-9(12)14-4-6/h1-5H. The van der Waals surface area contributed by atoms with Crippen LogP contribution in [0, 0.1) is 5.95 Å². The number of aromatic nitrogens is 2. The fourth-order valence-corrected chi connectivity index (χ4v) is 1.43. The van der Waals surface area contributed by atoms with Gasteiger partial charge in [-0.05, 0) is 18.2 Å². The summed E-state index contributed by atoms with van der Waals surface area (Å²) in [4.78, 5) is 7.37. The zero-order chi connectivity index (χ0) is 10.8. The Balaban J connectivity index is 2.53. The van der Waals surface area contributed by atoms with Gasteiger partial charge < -0.3 is 0 Å². The Hall–Kier alpha value is -1.19. The summed E-state index contributed by atoms with van der Waals surface area (Å²) in [6, 6.07) is 4.73. The molecule has 2 nitrogen and oxygen atoms in total. The van der Waals surface area contributed by atoms with E-state index in [4.69, 9.17) is 23.2 Å². The van der Waals surface area contributed by atoms with E-state index in [9.17, 15) is 4.39 Å². The van der Waals surface area contributed by atoms with Gasteiger partial charge in [0.05, 0.1) is 5.02 Å². The highest BCUT2D eigenvalue weighted by Crippen LogP contribution is 2.24. The molecule has 0 aliphatic rings. The highest BCUT2D eigenvalue weighted by molar-refractivity contribution is 6.30. The molecule has 0 aromatic carbocycles. The molecule has 5 heteroatoms. The van der Waals surface area contributed by atoms with Crippen LogP contribution in [0.25, 0.3) is 11.1 Å². The summed E-state index contributed by atoms with van der Waals surface area (Å²) in [6.07, 6.45) is 2.72. The van der Waals surface area contributed by atoms with E-state index in [2.05, 4.69) is 9.97 Å². The minimum atomic E-state index is -0.580. The second-order valence-electron chi connectivity index (χ2n) is 2.86. The molecule has 2 aromatic rings. The number of hydrogen-bond donors (Lipinski definition) is 0. The topological polar surface area (TPSA) is 25.8 Å². The van der Waals surface area contributed by atoms with Gasteiger partial charge in [-0.1, -0.05) is 23.2 Å². The van der Waals surface area contributed by atoms with E-state index in [1.807, 2.05) is 0 Å². The van der Waals surface area contributed by atoms with Crippen LogP contribution in [0.2, 0.25) is 10.2 Å². The zero-order valence-corrected chi connectivity index (χ0v) is 8.93. The molecule has 0 radical (unpaired) electrons. The third kappa shape index (κ3) is 2.25. The summed E-state index contributed by atoms with van der Waals surface area (Å²) in [5.41, 5.74) is 0.901. The first-order chi connectivity index (χ1) is 7.16. The van der Waals surface area contributed by atoms with Crippen molar-refractivity contribution in [3.05, 3.63) is 46.7 Å². The Morgan fingerprint density at radius 1 is 1.07 bits per heavy atom. The molecule has 0 amide bonds. The lowest BCUT2D eigenvalue weighted by molar-refractivity contribution is 0.587. The van der Waals surface area contributed by atoms with Gasteiger partial charge in [-0.3, -0.25) is 0 Å². The van der Waals surface area contributed by atoms with Crippen LogP contribution in [0.15, 0.2) is 30.6 Å². The SMILES string of the molecule is Fc1ncc(Cl)cc1-c1ccc(Cl)nc1. The minimum absolute atomic E-state index is 0.312. The Labute approximate surface area is 95.7 Å². The Kier molecular flexibility index (Phi) is 2.84. The summed E-state index contributed by atoms with van der Waals surface area (Å²) in [6.45, 7) is 0. The predicted octanol–water partition coefficient (Wildman–Crippen LogP) is 3.59. The van der Waals surface area contributed by atoms with E-state index in [0.717, 1.165) is 0 Å². The van der Waals surface area contributed by atoms with Gasteiger partial charge in [0.25, 0.3) is 0 Å². The fraction of sp³-hybridized carbons (Fsp3) is 0. The minimum Gasteiger partial charge on any atom is -0.244 e. The molecular formula is C10H5Cl2FN2. The summed E-state index contributed by atoms with van der Waals surface area (Å²) in [5.74, 6) is -0.580. The molecule has 2 heterocycles. The molecule has 2 aromatic heterocycles. The number of hydrogen-bond acceptors (Lipinski definition) is 2. The van der Waals surface area contributed by atoms with Crippen LogP contribution in [0.3, 0.4) is 0 Å². The maximum Gasteiger partial charge on any atom is 0.220 e. The van der Waals surface area contributed by atoms with Gasteiger partial charge in [0.15, 0.2) is 0 Å². The van der Waals surface area contributed by atoms with Gasteiger partial charge >= 0.3 is 0 Å². The number of nitrogens with zero attached hydrogens (tertiary/aromatic N) is 2. The number of rotatable bonds is 1. The van der Waals surface area contributed by atoms with E-state index >= 15 is 0 Å². The van der Waals surface area contributed by atoms with Gasteiger partial charge in [0, 0.05) is 23.5 Å². The normalized spacial score (nSPS) is 10.3. The molecule has 0 saturated carbocycles. The van der Waals surface area contributed by atoms with Crippen molar-refractivity contribution in [3.8, 4) is 11.1 Å². The van der Waals surface area contributed by atoms with E-state index in [1.165, 1.54) is 18.5 Å². The van der Waals surface area contributed by atoms with E-state index in [-0.39, 0.29) is 0 Å². The maximum absolute atomic E-state index is 13.3. The number of halogens is 3. The first-order valence-corrected chi connectivity index (χ1v) is 4.85. The van der Waals surface area contributed by atoms with Crippen LogP contribution in [-0.4, -0.2) is 9.97 Å². The molecule has 0 spiro atoms. The second kappa shape index (κ2) is 4.13. The highest BCUT2D eigenvalue weighted by Gasteiger charge is 2.07. The third-order valence-electron chi connectivity index (χ3n) is 1.84. The molecule has 0 atom stereocenters. The van der Waals surface area contributed by atoms with Crippen molar-refractivity contribution < 1.29 is 4.39 Å². The lowest BCUT2D eigenvalue weighted by atomic mass is 10.1. The van der Waals surface area contributed by atoms with Crippen molar-refractivity contribution >= 4 is 23.2 Å². The Morgan fingerprint density at radius 3 is 2.53 bits per heavy atom. The largest absolute Gasteiger partial charge is 0.244 e. The first kappa shape index (κ1) is 10.3. The molecule has 0 aliphatic carbocycles. The molecule has 2 rings (SSSR count). The van der Waals surface area contributed by atoms with Crippen LogP contribution < -0.4 is 0 Å². The molecule has 76 valence electrons. The Morgan fingerprint density at radius 2 is 1.87 bits per heavy atom. The zero-order valence-electron chi connectivity index (χ0n) is 7.42. The molecule has 0 bridgehead atoms. The van der Waals surface area contributed by atoms with Crippen molar-refractivity contribution in [3.63, 3.8) is 0 Å². The van der Waals surface area contributed by atoms with Gasteiger partial charge in [0.1, 0.15) is 5.15 Å². The summed E-state index contributed by atoms with van der Waals surface area (Å²) in [7, 11) is 0. The van der Waals surface area contributed by atoms with E-state index in [0.29, 0.717) is 21.3 Å². The van der Waals surface area contributed by atoms with Crippen LogP contribution >= 0.6 is 23.2 Å². The van der Waals surface area contributed by atoms with E-state index < -0.39 is 5.95 Å². The van der Waals surface area contributed by atoms with Crippen molar-refractivity contribution in [2.24, 2.45) is 0 Å². The van der Waals surface area contributed by atoms with Crippen LogP contribution in [0.4, 0.5) is 4.39 Å². The average Bonchev–Trinajstić information content (AvgIpc) is 2.23. The van der Waals surface area contributed by atoms with Gasteiger partial charge in [0.2, 0.25) is 5.95 Å². The monoisotopic (exact) mass is 242 g/mol. The van der Waals surface area contributed by atoms with Crippen molar-refractivity contribution in [2.75, 3.05) is 0 Å². The van der Waals surface area contributed by atoms with Gasteiger partial charge in [-0.15, -0.1) is 0 Å². The lowest BCUT2D eigenvalue weighted by Crippen LogP contribution is -1.89. The van der Waals surface area contributed by atoms with E-state index in [1.54, 1.807) is 12.1 Å². The molecule has 15 heavy (non-hydrogen) atoms. The molecule has 0 aliphatic heterocycles. The van der Waals surface area contributed by atoms with Gasteiger partial charge in [-0.2, -0.15) is 4.39 Å². The Bertz CT molecular complexity index is 485. The van der Waals surface area contributed by atoms with Crippen molar-refractivity contribution in [2.45, 2.75) is 0 Å². The third-order valence-corrected chi connectivity index (χ3v) is 2.27. The van der Waals surface area contributed by atoms with Crippen LogP contribution in [0.1, 0.15) is 0 Å². The molecule has 0 unspecified atom stereocenters. The van der Waals surface area contributed by atoms with Crippen molar-refractivity contribution in [1.82, 2.24) is 9.97 Å². The van der Waals surface area contributed by atoms with Crippen LogP contribution in [0.5, 0.6) is 0 Å². The summed E-state index contributed by atoms with van der Waals surface area (Å²) >= 11 is 11.3. The highest BCUT2D eigenvalue weighted by atomic mass is 35.5. The van der Waals surface area contributed by atoms with Crippen LogP contribution in [-0.2, 0) is 0 Å². The second-order valence-corrected chi connectivity index (χ2v) is 3.69. The van der Waals surface area contributed by atoms with Gasteiger partial charge in [-0.25, -0.2) is 9.97 Å². The summed E-state index contributed by atoms with van der Waals surface area (Å²) < 4.78 is 13.3. The quantitative estimate of drug-likeness (QED) is 0.715. The predicted molar refractivity (Wildman–Crippen MR) is 57.4 cm³/mol. The average molecular weight is 243 g/mol. The fourth-order valence-electron chi connectivity index (χ4n) is 1.16. The maximum atomic E-state index is 13.3. The summed E-state index contributed by atoms with van der Waals surface area (Å²) in [5, 5.41) is 0.732. The molecule has 0 N–H and O–H groups in total.